The van der Waals surface area contributed by atoms with Crippen molar-refractivity contribution in [2.45, 2.75) is 93.0 Å². The van der Waals surface area contributed by atoms with Crippen LogP contribution >= 0.6 is 23.1 Å². The van der Waals surface area contributed by atoms with Crippen molar-refractivity contribution in [2.24, 2.45) is 11.8 Å². The van der Waals surface area contributed by atoms with Crippen molar-refractivity contribution >= 4 is 40.9 Å². The molecule has 1 saturated heterocycles. The number of Topliss-reactive ketones (excluding diaryl/α,β-unsaturated/α-hetero) is 1. The number of ether oxygens (including phenoxy) is 2. The number of thioether (sulfide) groups is 1. The average Bonchev–Trinajstić information content (AvgIpc) is 3.27. The van der Waals surface area contributed by atoms with E-state index in [0.29, 0.717) is 18.6 Å². The minimum atomic E-state index is -1.27. The number of aliphatic hydroxyl groups excluding tert-OH is 2. The van der Waals surface area contributed by atoms with Crippen molar-refractivity contribution in [3.05, 3.63) is 52.5 Å². The zero-order valence-electron chi connectivity index (χ0n) is 22.4. The van der Waals surface area contributed by atoms with Crippen LogP contribution in [0.2, 0.25) is 0 Å². The van der Waals surface area contributed by atoms with Crippen LogP contribution in [0.5, 0.6) is 0 Å². The molecule has 10 heteroatoms. The Labute approximate surface area is 236 Å². The topological polar surface area (TPSA) is 122 Å². The van der Waals surface area contributed by atoms with Gasteiger partial charge in [-0.25, -0.2) is 4.98 Å². The number of nitrogens with zero attached hydrogens (tertiary/aromatic N) is 1. The summed E-state index contributed by atoms with van der Waals surface area (Å²) in [5, 5.41) is 23.4. The first-order chi connectivity index (χ1) is 18.6. The normalized spacial score (nSPS) is 34.1. The number of carbonyl (C=O) groups excluding carboxylic acids is 2. The van der Waals surface area contributed by atoms with E-state index in [4.69, 9.17) is 13.9 Å². The smallest absolute Gasteiger partial charge is 0.309 e. The molecule has 210 valence electrons. The highest BCUT2D eigenvalue weighted by Crippen LogP contribution is 2.45. The summed E-state index contributed by atoms with van der Waals surface area (Å²) in [6, 6.07) is 3.79. The predicted molar refractivity (Wildman–Crippen MR) is 148 cm³/mol. The standard InChI is InChI=1S/C29H35NO7S2/c1-16(10-19-14-38-28(30-19)39-15-20-7-5-9-35-20)23-13-24-29(3,37-24)8-4-6-18-11-21(22(31)12-25(32)36-23)27(34)17(2)26(18)33/h5,7,9-11,14,17-18,22-24,26,31,33H,4,6,8,12-13,15H2,1-3H3/b16-10+/t17-,18-,22+,23+,24+,26-,29-/m1/s1. The van der Waals surface area contributed by atoms with E-state index in [1.165, 1.54) is 0 Å². The average molecular weight is 574 g/mol. The van der Waals surface area contributed by atoms with Crippen LogP contribution in [0.25, 0.3) is 6.08 Å². The van der Waals surface area contributed by atoms with Crippen LogP contribution in [0.3, 0.4) is 0 Å². The van der Waals surface area contributed by atoms with Crippen molar-refractivity contribution < 1.29 is 33.7 Å². The van der Waals surface area contributed by atoms with Crippen LogP contribution in [0.4, 0.5) is 0 Å². The molecule has 2 aliphatic heterocycles. The third-order valence-corrected chi connectivity index (χ3v) is 10.1. The van der Waals surface area contributed by atoms with Gasteiger partial charge < -0.3 is 24.1 Å². The first kappa shape index (κ1) is 28.3. The van der Waals surface area contributed by atoms with Crippen molar-refractivity contribution in [1.29, 1.82) is 0 Å². The molecule has 0 unspecified atom stereocenters. The molecule has 0 radical (unpaired) electrons. The Bertz CT molecular complexity index is 1250. The molecule has 2 aromatic heterocycles. The Morgan fingerprint density at radius 3 is 2.92 bits per heavy atom. The lowest BCUT2D eigenvalue weighted by molar-refractivity contribution is -0.149. The summed E-state index contributed by atoms with van der Waals surface area (Å²) in [6.45, 7) is 5.65. The Kier molecular flexibility index (Phi) is 8.49. The van der Waals surface area contributed by atoms with Crippen LogP contribution in [0.1, 0.15) is 64.3 Å². The molecule has 0 saturated carbocycles. The molecule has 5 rings (SSSR count). The maximum absolute atomic E-state index is 13.0. The summed E-state index contributed by atoms with van der Waals surface area (Å²) in [7, 11) is 0. The summed E-state index contributed by atoms with van der Waals surface area (Å²) in [4.78, 5) is 30.5. The maximum atomic E-state index is 13.0. The van der Waals surface area contributed by atoms with Crippen molar-refractivity contribution in [3.63, 3.8) is 0 Å². The van der Waals surface area contributed by atoms with E-state index in [-0.39, 0.29) is 35.4 Å². The van der Waals surface area contributed by atoms with E-state index in [1.807, 2.05) is 30.5 Å². The van der Waals surface area contributed by atoms with E-state index < -0.39 is 30.2 Å². The Morgan fingerprint density at radius 2 is 2.15 bits per heavy atom. The van der Waals surface area contributed by atoms with Crippen LogP contribution < -0.4 is 0 Å². The van der Waals surface area contributed by atoms with Gasteiger partial charge in [-0.2, -0.15) is 0 Å². The number of carbonyl (C=O) groups is 2. The molecule has 1 aliphatic carbocycles. The zero-order chi connectivity index (χ0) is 27.7. The Morgan fingerprint density at radius 1 is 1.33 bits per heavy atom. The minimum Gasteiger partial charge on any atom is -0.468 e. The molecule has 2 bridgehead atoms. The zero-order valence-corrected chi connectivity index (χ0v) is 24.0. The number of furan rings is 1. The fourth-order valence-electron chi connectivity index (χ4n) is 5.48. The number of hydrogen-bond donors (Lipinski definition) is 2. The number of thiazole rings is 1. The molecule has 2 N–H and O–H groups in total. The molecule has 7 atom stereocenters. The van der Waals surface area contributed by atoms with Crippen LogP contribution in [-0.2, 0) is 24.8 Å². The van der Waals surface area contributed by atoms with E-state index in [1.54, 1.807) is 42.4 Å². The highest BCUT2D eigenvalue weighted by Gasteiger charge is 2.53. The fraction of sp³-hybridized carbons (Fsp3) is 0.552. The molecule has 8 nitrogen and oxygen atoms in total. The number of hydrogen-bond acceptors (Lipinski definition) is 10. The molecule has 1 fully saturated rings. The number of aromatic nitrogens is 1. The van der Waals surface area contributed by atoms with Gasteiger partial charge in [-0.05, 0) is 56.9 Å². The van der Waals surface area contributed by atoms with Gasteiger partial charge in [0.15, 0.2) is 10.1 Å². The van der Waals surface area contributed by atoms with E-state index in [9.17, 15) is 19.8 Å². The molecule has 39 heavy (non-hydrogen) atoms. The summed E-state index contributed by atoms with van der Waals surface area (Å²) >= 11 is 3.14. The fourth-order valence-corrected chi connectivity index (χ4v) is 7.17. The van der Waals surface area contributed by atoms with Crippen LogP contribution in [0.15, 0.2) is 49.8 Å². The van der Waals surface area contributed by atoms with Crippen molar-refractivity contribution in [2.75, 3.05) is 0 Å². The van der Waals surface area contributed by atoms with E-state index >= 15 is 0 Å². The van der Waals surface area contributed by atoms with Crippen molar-refractivity contribution in [1.82, 2.24) is 4.98 Å². The van der Waals surface area contributed by atoms with Crippen molar-refractivity contribution in [3.8, 4) is 0 Å². The lowest BCUT2D eigenvalue weighted by atomic mass is 9.75. The SMILES string of the molecule is C/C(=C\c1csc(SCc2ccco2)n1)[C@@H]1C[C@@H]2O[C@]2(C)CCC[C@@H]2C=C(C(=O)[C@H](C)[C@H]2O)[C@@H](O)CC(=O)O1. The highest BCUT2D eigenvalue weighted by atomic mass is 32.2. The molecular formula is C29H35NO7S2. The summed E-state index contributed by atoms with van der Waals surface area (Å²) < 4.78 is 18.3. The van der Waals surface area contributed by atoms with Gasteiger partial charge in [0.2, 0.25) is 0 Å². The minimum absolute atomic E-state index is 0.0655. The molecular weight excluding hydrogens is 538 g/mol. The monoisotopic (exact) mass is 573 g/mol. The Balaban J connectivity index is 1.32. The number of rotatable bonds is 5. The molecule has 0 spiro atoms. The van der Waals surface area contributed by atoms with Crippen LogP contribution in [0, 0.1) is 11.8 Å². The second-order valence-corrected chi connectivity index (χ2v) is 13.1. The lowest BCUT2D eigenvalue weighted by Gasteiger charge is -2.32. The molecule has 2 aromatic rings. The molecule has 4 heterocycles. The summed E-state index contributed by atoms with van der Waals surface area (Å²) in [5.74, 6) is -0.207. The number of esters is 1. The van der Waals surface area contributed by atoms with E-state index in [2.05, 4.69) is 11.9 Å². The number of fused-ring (bicyclic) bond motifs is 2. The van der Waals surface area contributed by atoms with Gasteiger partial charge >= 0.3 is 5.97 Å². The second-order valence-electron chi connectivity index (χ2n) is 11.0. The van der Waals surface area contributed by atoms with Gasteiger partial charge in [-0.3, -0.25) is 9.59 Å². The lowest BCUT2D eigenvalue weighted by Crippen LogP contribution is -2.40. The summed E-state index contributed by atoms with van der Waals surface area (Å²) in [6.07, 6.45) is 5.00. The van der Waals surface area contributed by atoms with Crippen LogP contribution in [-0.4, -0.2) is 57.0 Å². The third-order valence-electron chi connectivity index (χ3n) is 8.01. The summed E-state index contributed by atoms with van der Waals surface area (Å²) in [5.41, 5.74) is 1.49. The van der Waals surface area contributed by atoms with E-state index in [0.717, 1.165) is 34.2 Å². The number of aliphatic hydroxyl groups is 2. The van der Waals surface area contributed by atoms with Gasteiger partial charge in [0.1, 0.15) is 11.9 Å². The molecule has 0 aromatic carbocycles. The maximum Gasteiger partial charge on any atom is 0.309 e. The van der Waals surface area contributed by atoms with Gasteiger partial charge in [0, 0.05) is 29.2 Å². The van der Waals surface area contributed by atoms with Gasteiger partial charge in [0.25, 0.3) is 0 Å². The predicted octanol–water partition coefficient (Wildman–Crippen LogP) is 4.95. The van der Waals surface area contributed by atoms with Gasteiger partial charge in [0.05, 0.1) is 48.0 Å². The van der Waals surface area contributed by atoms with Gasteiger partial charge in [-0.1, -0.05) is 24.8 Å². The Hall–Kier alpha value is -2.24. The third kappa shape index (κ3) is 6.57. The molecule has 3 aliphatic rings. The number of epoxide rings is 1. The number of cyclic esters (lactones) is 1. The van der Waals surface area contributed by atoms with Gasteiger partial charge in [-0.15, -0.1) is 11.3 Å². The highest BCUT2D eigenvalue weighted by molar-refractivity contribution is 8.00. The first-order valence-corrected chi connectivity index (χ1v) is 15.3. The second kappa shape index (κ2) is 11.7. The number of ketones is 1. The largest absolute Gasteiger partial charge is 0.468 e. The molecule has 0 amide bonds. The first-order valence-electron chi connectivity index (χ1n) is 13.4. The quantitative estimate of drug-likeness (QED) is 0.291.